The van der Waals surface area contributed by atoms with Crippen LogP contribution in [0, 0.1) is 5.92 Å². The standard InChI is InChI=1S/C21H22Cl3N3O4S/c22-15-4-6-16(7-5-15)32(30,31)27(12-17-18(23)2-1-3-19(17)24)13-20(28)26-10-8-14(9-11-26)21(25)29/h1-7,14H,8-13H2,(H2,25,29). The number of benzene rings is 2. The highest BCUT2D eigenvalue weighted by Crippen LogP contribution is 2.29. The third-order valence-corrected chi connectivity index (χ3v) is 8.18. The van der Waals surface area contributed by atoms with Crippen molar-refractivity contribution in [3.63, 3.8) is 0 Å². The van der Waals surface area contributed by atoms with Gasteiger partial charge in [-0.05, 0) is 49.2 Å². The molecule has 172 valence electrons. The minimum absolute atomic E-state index is 0.00897. The van der Waals surface area contributed by atoms with Crippen molar-refractivity contribution < 1.29 is 18.0 Å². The summed E-state index contributed by atoms with van der Waals surface area (Å²) in [6, 6.07) is 10.5. The number of carbonyl (C=O) groups is 2. The van der Waals surface area contributed by atoms with Crippen LogP contribution in [0.4, 0.5) is 0 Å². The number of halogens is 3. The summed E-state index contributed by atoms with van der Waals surface area (Å²) in [6.07, 6.45) is 0.892. The first kappa shape index (κ1) is 24.8. The highest BCUT2D eigenvalue weighted by molar-refractivity contribution is 7.89. The zero-order chi connectivity index (χ0) is 23.5. The molecule has 7 nitrogen and oxygen atoms in total. The van der Waals surface area contributed by atoms with E-state index in [4.69, 9.17) is 40.5 Å². The van der Waals surface area contributed by atoms with Crippen LogP contribution in [0.25, 0.3) is 0 Å². The van der Waals surface area contributed by atoms with Crippen molar-refractivity contribution in [2.24, 2.45) is 11.7 Å². The maximum absolute atomic E-state index is 13.4. The zero-order valence-electron chi connectivity index (χ0n) is 17.0. The fraction of sp³-hybridized carbons (Fsp3) is 0.333. The smallest absolute Gasteiger partial charge is 0.243 e. The molecule has 0 spiro atoms. The Morgan fingerprint density at radius 2 is 1.56 bits per heavy atom. The lowest BCUT2D eigenvalue weighted by molar-refractivity contribution is -0.135. The SMILES string of the molecule is NC(=O)C1CCN(C(=O)CN(Cc2c(Cl)cccc2Cl)S(=O)(=O)c2ccc(Cl)cc2)CC1. The van der Waals surface area contributed by atoms with Crippen LogP contribution in [-0.4, -0.2) is 49.1 Å². The first-order valence-electron chi connectivity index (χ1n) is 9.85. The van der Waals surface area contributed by atoms with Gasteiger partial charge in [0.15, 0.2) is 0 Å². The number of rotatable bonds is 7. The van der Waals surface area contributed by atoms with Crippen LogP contribution in [0.1, 0.15) is 18.4 Å². The lowest BCUT2D eigenvalue weighted by Crippen LogP contribution is -2.47. The molecule has 2 aromatic carbocycles. The van der Waals surface area contributed by atoms with Gasteiger partial charge in [-0.25, -0.2) is 8.42 Å². The van der Waals surface area contributed by atoms with Crippen molar-refractivity contribution in [3.8, 4) is 0 Å². The Hall–Kier alpha value is -1.84. The maximum Gasteiger partial charge on any atom is 0.243 e. The molecule has 0 saturated carbocycles. The number of likely N-dealkylation sites (tertiary alicyclic amines) is 1. The molecular formula is C21H22Cl3N3O4S. The summed E-state index contributed by atoms with van der Waals surface area (Å²) in [5.41, 5.74) is 5.75. The first-order chi connectivity index (χ1) is 15.1. The largest absolute Gasteiger partial charge is 0.369 e. The quantitative estimate of drug-likeness (QED) is 0.605. The molecule has 2 N–H and O–H groups in total. The molecule has 2 aromatic rings. The number of nitrogens with two attached hydrogens (primary N) is 1. The van der Waals surface area contributed by atoms with Crippen molar-refractivity contribution in [3.05, 3.63) is 63.1 Å². The summed E-state index contributed by atoms with van der Waals surface area (Å²) >= 11 is 18.4. The highest BCUT2D eigenvalue weighted by atomic mass is 35.5. The summed E-state index contributed by atoms with van der Waals surface area (Å²) in [4.78, 5) is 25.9. The van der Waals surface area contributed by atoms with Crippen molar-refractivity contribution in [2.45, 2.75) is 24.3 Å². The summed E-state index contributed by atoms with van der Waals surface area (Å²) in [5.74, 6) is -1.05. The predicted octanol–water partition coefficient (Wildman–Crippen LogP) is 3.56. The van der Waals surface area contributed by atoms with Gasteiger partial charge in [0.05, 0.1) is 11.4 Å². The van der Waals surface area contributed by atoms with Crippen LogP contribution < -0.4 is 5.73 Å². The van der Waals surface area contributed by atoms with E-state index in [-0.39, 0.29) is 23.3 Å². The molecule has 1 fully saturated rings. The Kier molecular flexibility index (Phi) is 8.06. The number of amides is 2. The van der Waals surface area contributed by atoms with E-state index >= 15 is 0 Å². The summed E-state index contributed by atoms with van der Waals surface area (Å²) in [6.45, 7) is 0.0585. The molecule has 0 atom stereocenters. The average molecular weight is 519 g/mol. The fourth-order valence-electron chi connectivity index (χ4n) is 3.51. The Morgan fingerprint density at radius 1 is 1.00 bits per heavy atom. The van der Waals surface area contributed by atoms with Crippen LogP contribution in [0.3, 0.4) is 0 Å². The normalized spacial score (nSPS) is 15.2. The Labute approximate surface area is 202 Å². The Balaban J connectivity index is 1.88. The second-order valence-corrected chi connectivity index (χ2v) is 10.7. The second-order valence-electron chi connectivity index (χ2n) is 7.48. The van der Waals surface area contributed by atoms with Crippen LogP contribution in [-0.2, 0) is 26.2 Å². The number of hydrogen-bond donors (Lipinski definition) is 1. The van der Waals surface area contributed by atoms with Gasteiger partial charge in [-0.1, -0.05) is 40.9 Å². The van der Waals surface area contributed by atoms with Gasteiger partial charge in [0.25, 0.3) is 0 Å². The molecule has 1 heterocycles. The molecule has 1 aliphatic heterocycles. The number of sulfonamides is 1. The second kappa shape index (κ2) is 10.4. The van der Waals surface area contributed by atoms with Gasteiger partial charge in [0.1, 0.15) is 0 Å². The third-order valence-electron chi connectivity index (χ3n) is 5.41. The molecule has 0 aromatic heterocycles. The molecule has 0 unspecified atom stereocenters. The van der Waals surface area contributed by atoms with Gasteiger partial charge < -0.3 is 10.6 Å². The summed E-state index contributed by atoms with van der Waals surface area (Å²) in [5, 5.41) is 0.977. The number of primary amides is 1. The molecule has 1 saturated heterocycles. The van der Waals surface area contributed by atoms with Crippen LogP contribution in [0.15, 0.2) is 47.4 Å². The molecule has 32 heavy (non-hydrogen) atoms. The minimum Gasteiger partial charge on any atom is -0.369 e. The predicted molar refractivity (Wildman–Crippen MR) is 124 cm³/mol. The average Bonchev–Trinajstić information content (AvgIpc) is 2.75. The van der Waals surface area contributed by atoms with E-state index in [0.29, 0.717) is 46.6 Å². The molecule has 0 radical (unpaired) electrons. The zero-order valence-corrected chi connectivity index (χ0v) is 20.1. The van der Waals surface area contributed by atoms with E-state index in [9.17, 15) is 18.0 Å². The topological polar surface area (TPSA) is 101 Å². The lowest BCUT2D eigenvalue weighted by Gasteiger charge is -2.32. The van der Waals surface area contributed by atoms with Gasteiger partial charge in [-0.2, -0.15) is 4.31 Å². The minimum atomic E-state index is -4.07. The van der Waals surface area contributed by atoms with E-state index < -0.39 is 22.5 Å². The lowest BCUT2D eigenvalue weighted by atomic mass is 9.96. The fourth-order valence-corrected chi connectivity index (χ4v) is 5.51. The number of hydrogen-bond acceptors (Lipinski definition) is 4. The number of nitrogens with zero attached hydrogens (tertiary/aromatic N) is 2. The summed E-state index contributed by atoms with van der Waals surface area (Å²) < 4.78 is 27.8. The number of piperidine rings is 1. The van der Waals surface area contributed by atoms with E-state index in [1.54, 1.807) is 18.2 Å². The van der Waals surface area contributed by atoms with Crippen molar-refractivity contribution in [2.75, 3.05) is 19.6 Å². The van der Waals surface area contributed by atoms with Crippen molar-refractivity contribution in [1.82, 2.24) is 9.21 Å². The molecule has 2 amide bonds. The molecule has 11 heteroatoms. The van der Waals surface area contributed by atoms with Gasteiger partial charge in [-0.15, -0.1) is 0 Å². The first-order valence-corrected chi connectivity index (χ1v) is 12.4. The van der Waals surface area contributed by atoms with Crippen LogP contribution in [0.2, 0.25) is 15.1 Å². The molecular weight excluding hydrogens is 497 g/mol. The van der Waals surface area contributed by atoms with E-state index in [0.717, 1.165) is 4.31 Å². The van der Waals surface area contributed by atoms with Gasteiger partial charge in [-0.3, -0.25) is 9.59 Å². The monoisotopic (exact) mass is 517 g/mol. The van der Waals surface area contributed by atoms with E-state index in [1.165, 1.54) is 29.2 Å². The van der Waals surface area contributed by atoms with Gasteiger partial charge in [0, 0.05) is 46.2 Å². The third kappa shape index (κ3) is 5.74. The molecule has 0 bridgehead atoms. The van der Waals surface area contributed by atoms with Crippen molar-refractivity contribution in [1.29, 1.82) is 0 Å². The Bertz CT molecular complexity index is 1080. The van der Waals surface area contributed by atoms with Crippen LogP contribution >= 0.6 is 34.8 Å². The Morgan fingerprint density at radius 3 is 2.09 bits per heavy atom. The summed E-state index contributed by atoms with van der Waals surface area (Å²) in [7, 11) is -4.07. The maximum atomic E-state index is 13.4. The van der Waals surface area contributed by atoms with Gasteiger partial charge in [0.2, 0.25) is 21.8 Å². The number of carbonyl (C=O) groups excluding carboxylic acids is 2. The molecule has 3 rings (SSSR count). The van der Waals surface area contributed by atoms with Crippen LogP contribution in [0.5, 0.6) is 0 Å². The molecule has 1 aliphatic rings. The van der Waals surface area contributed by atoms with Gasteiger partial charge >= 0.3 is 0 Å². The molecule has 0 aliphatic carbocycles. The van der Waals surface area contributed by atoms with Crippen molar-refractivity contribution >= 4 is 56.6 Å². The highest BCUT2D eigenvalue weighted by Gasteiger charge is 2.32. The van der Waals surface area contributed by atoms with E-state index in [2.05, 4.69) is 0 Å². The van der Waals surface area contributed by atoms with E-state index in [1.807, 2.05) is 0 Å².